The van der Waals surface area contributed by atoms with Crippen LogP contribution in [0, 0.1) is 6.92 Å². The number of nitrogens with two attached hydrogens (primary N) is 1. The van der Waals surface area contributed by atoms with Gasteiger partial charge in [-0.25, -0.2) is 0 Å². The number of para-hydroxylation sites is 1. The molecule has 19 heavy (non-hydrogen) atoms. The largest absolute Gasteiger partial charge is 0.398 e. The second kappa shape index (κ2) is 4.94. The molecular weight excluding hydrogens is 252 g/mol. The molecule has 1 heterocycles. The van der Waals surface area contributed by atoms with Crippen LogP contribution in [0.4, 0.5) is 11.4 Å². The summed E-state index contributed by atoms with van der Waals surface area (Å²) in [4.78, 5) is 1.34. The average molecular weight is 268 g/mol. The molecule has 0 fully saturated rings. The second-order valence-electron chi connectivity index (χ2n) is 4.59. The Hall–Kier alpha value is -2.00. The summed E-state index contributed by atoms with van der Waals surface area (Å²) < 4.78 is 1.27. The zero-order valence-corrected chi connectivity index (χ0v) is 11.6. The Bertz CT molecular complexity index is 701. The van der Waals surface area contributed by atoms with E-state index in [9.17, 15) is 0 Å². The zero-order valence-electron chi connectivity index (χ0n) is 10.8. The zero-order chi connectivity index (χ0) is 13.2. The van der Waals surface area contributed by atoms with Crippen LogP contribution >= 0.6 is 11.3 Å². The summed E-state index contributed by atoms with van der Waals surface area (Å²) >= 11 is 1.81. The third kappa shape index (κ3) is 2.29. The Labute approximate surface area is 116 Å². The minimum atomic E-state index is 0.842. The molecule has 0 spiro atoms. The lowest BCUT2D eigenvalue weighted by molar-refractivity contribution is 1.17. The van der Waals surface area contributed by atoms with Crippen LogP contribution in [-0.4, -0.2) is 0 Å². The summed E-state index contributed by atoms with van der Waals surface area (Å²) in [7, 11) is 0. The molecule has 2 aromatic carbocycles. The molecule has 0 amide bonds. The number of anilines is 2. The van der Waals surface area contributed by atoms with Gasteiger partial charge in [-0.05, 0) is 36.8 Å². The first-order valence-electron chi connectivity index (χ1n) is 6.31. The highest BCUT2D eigenvalue weighted by atomic mass is 32.1. The fraction of sp³-hybridized carbons (Fsp3) is 0.125. The van der Waals surface area contributed by atoms with E-state index in [-0.39, 0.29) is 0 Å². The first-order valence-corrected chi connectivity index (χ1v) is 7.13. The maximum Gasteiger partial charge on any atom is 0.0497 e. The maximum absolute atomic E-state index is 6.06. The summed E-state index contributed by atoms with van der Waals surface area (Å²) in [6.45, 7) is 2.99. The van der Waals surface area contributed by atoms with Crippen molar-refractivity contribution in [2.24, 2.45) is 0 Å². The van der Waals surface area contributed by atoms with E-state index in [2.05, 4.69) is 30.4 Å². The van der Waals surface area contributed by atoms with Gasteiger partial charge in [0.15, 0.2) is 0 Å². The quantitative estimate of drug-likeness (QED) is 0.691. The van der Waals surface area contributed by atoms with Gasteiger partial charge >= 0.3 is 0 Å². The highest BCUT2D eigenvalue weighted by Gasteiger charge is 2.10. The van der Waals surface area contributed by atoms with Gasteiger partial charge in [-0.1, -0.05) is 24.3 Å². The van der Waals surface area contributed by atoms with Crippen molar-refractivity contribution in [3.05, 3.63) is 59.0 Å². The lowest BCUT2D eigenvalue weighted by Crippen LogP contribution is -1.98. The van der Waals surface area contributed by atoms with Crippen LogP contribution in [0.25, 0.3) is 10.1 Å². The summed E-state index contributed by atoms with van der Waals surface area (Å²) in [5.74, 6) is 0. The number of fused-ring (bicyclic) bond motifs is 1. The van der Waals surface area contributed by atoms with Crippen LogP contribution in [0.5, 0.6) is 0 Å². The topological polar surface area (TPSA) is 38.0 Å². The molecule has 0 aliphatic rings. The van der Waals surface area contributed by atoms with Gasteiger partial charge in [0.1, 0.15) is 0 Å². The molecule has 0 saturated carbocycles. The maximum atomic E-state index is 6.06. The van der Waals surface area contributed by atoms with Gasteiger partial charge in [0.05, 0.1) is 0 Å². The van der Waals surface area contributed by atoms with E-state index in [0.29, 0.717) is 0 Å². The smallest absolute Gasteiger partial charge is 0.0497 e. The van der Waals surface area contributed by atoms with E-state index in [4.69, 9.17) is 5.73 Å². The van der Waals surface area contributed by atoms with Crippen LogP contribution in [0.2, 0.25) is 0 Å². The van der Waals surface area contributed by atoms with Gasteiger partial charge in [-0.15, -0.1) is 11.3 Å². The molecule has 0 radical (unpaired) electrons. The monoisotopic (exact) mass is 268 g/mol. The minimum Gasteiger partial charge on any atom is -0.398 e. The second-order valence-corrected chi connectivity index (χ2v) is 5.73. The molecule has 3 heteroatoms. The van der Waals surface area contributed by atoms with E-state index in [0.717, 1.165) is 17.9 Å². The van der Waals surface area contributed by atoms with Gasteiger partial charge in [0.2, 0.25) is 0 Å². The van der Waals surface area contributed by atoms with Crippen molar-refractivity contribution in [3.63, 3.8) is 0 Å². The fourth-order valence-corrected chi connectivity index (χ4v) is 3.47. The lowest BCUT2D eigenvalue weighted by atomic mass is 10.1. The number of hydrogen-bond acceptors (Lipinski definition) is 3. The third-order valence-electron chi connectivity index (χ3n) is 3.31. The summed E-state index contributed by atoms with van der Waals surface area (Å²) in [5.41, 5.74) is 9.38. The van der Waals surface area contributed by atoms with Gasteiger partial charge in [0.25, 0.3) is 0 Å². The molecule has 3 rings (SSSR count). The third-order valence-corrected chi connectivity index (χ3v) is 4.57. The van der Waals surface area contributed by atoms with Crippen LogP contribution < -0.4 is 11.1 Å². The fourth-order valence-electron chi connectivity index (χ4n) is 2.29. The van der Waals surface area contributed by atoms with Crippen molar-refractivity contribution >= 4 is 32.8 Å². The van der Waals surface area contributed by atoms with Crippen LogP contribution in [-0.2, 0) is 6.54 Å². The summed E-state index contributed by atoms with van der Waals surface area (Å²) in [6.07, 6.45) is 0. The van der Waals surface area contributed by atoms with Crippen molar-refractivity contribution in [2.45, 2.75) is 13.5 Å². The number of nitrogen functional groups attached to an aromatic ring is 1. The molecule has 3 N–H and O–H groups in total. The molecule has 0 unspecified atom stereocenters. The number of aryl methyl sites for hydroxylation is 1. The van der Waals surface area contributed by atoms with E-state index in [1.165, 1.54) is 20.5 Å². The van der Waals surface area contributed by atoms with Crippen LogP contribution in [0.1, 0.15) is 10.4 Å². The Morgan fingerprint density at radius 3 is 2.58 bits per heavy atom. The SMILES string of the molecule is Cc1c(CNc2ccccc2)sc2cccc(N)c12. The minimum absolute atomic E-state index is 0.842. The predicted octanol–water partition coefficient (Wildman–Crippen LogP) is 4.40. The van der Waals surface area contributed by atoms with E-state index in [1.54, 1.807) is 0 Å². The van der Waals surface area contributed by atoms with Crippen molar-refractivity contribution in [1.82, 2.24) is 0 Å². The molecule has 1 aromatic heterocycles. The molecule has 0 bridgehead atoms. The van der Waals surface area contributed by atoms with Gasteiger partial charge in [0, 0.05) is 32.9 Å². The van der Waals surface area contributed by atoms with Crippen molar-refractivity contribution in [2.75, 3.05) is 11.1 Å². The van der Waals surface area contributed by atoms with E-state index < -0.39 is 0 Å². The van der Waals surface area contributed by atoms with Gasteiger partial charge in [-0.2, -0.15) is 0 Å². The Balaban J connectivity index is 1.90. The molecule has 3 aromatic rings. The first-order chi connectivity index (χ1) is 9.25. The van der Waals surface area contributed by atoms with Gasteiger partial charge in [-0.3, -0.25) is 0 Å². The number of benzene rings is 2. The Kier molecular flexibility index (Phi) is 3.13. The molecule has 0 aliphatic heterocycles. The van der Waals surface area contributed by atoms with E-state index in [1.807, 2.05) is 41.7 Å². The highest BCUT2D eigenvalue weighted by molar-refractivity contribution is 7.19. The standard InChI is InChI=1S/C16H16N2S/c1-11-15(10-18-12-6-3-2-4-7-12)19-14-9-5-8-13(17)16(11)14/h2-9,18H,10,17H2,1H3. The molecule has 0 saturated heterocycles. The van der Waals surface area contributed by atoms with E-state index >= 15 is 0 Å². The molecule has 0 atom stereocenters. The Morgan fingerprint density at radius 1 is 1.05 bits per heavy atom. The van der Waals surface area contributed by atoms with Gasteiger partial charge < -0.3 is 11.1 Å². The average Bonchev–Trinajstić information content (AvgIpc) is 2.76. The summed E-state index contributed by atoms with van der Waals surface area (Å²) in [6, 6.07) is 16.4. The Morgan fingerprint density at radius 2 is 1.84 bits per heavy atom. The highest BCUT2D eigenvalue weighted by Crippen LogP contribution is 2.34. The predicted molar refractivity (Wildman–Crippen MR) is 84.7 cm³/mol. The number of rotatable bonds is 3. The van der Waals surface area contributed by atoms with Crippen molar-refractivity contribution < 1.29 is 0 Å². The van der Waals surface area contributed by atoms with Crippen LogP contribution in [0.15, 0.2) is 48.5 Å². The molecule has 96 valence electrons. The number of nitrogens with one attached hydrogen (secondary N) is 1. The number of thiophene rings is 1. The summed E-state index contributed by atoms with van der Waals surface area (Å²) in [5, 5.41) is 4.66. The normalized spacial score (nSPS) is 10.8. The molecule has 0 aliphatic carbocycles. The number of hydrogen-bond donors (Lipinski definition) is 2. The molecule has 2 nitrogen and oxygen atoms in total. The first kappa shape index (κ1) is 12.1. The van der Waals surface area contributed by atoms with Crippen LogP contribution in [0.3, 0.4) is 0 Å². The van der Waals surface area contributed by atoms with Crippen molar-refractivity contribution in [1.29, 1.82) is 0 Å². The lowest BCUT2D eigenvalue weighted by Gasteiger charge is -2.05. The van der Waals surface area contributed by atoms with Crippen molar-refractivity contribution in [3.8, 4) is 0 Å². The molecular formula is C16H16N2S.